The van der Waals surface area contributed by atoms with Gasteiger partial charge in [0.15, 0.2) is 0 Å². The van der Waals surface area contributed by atoms with Crippen molar-refractivity contribution >= 4 is 33.2 Å². The summed E-state index contributed by atoms with van der Waals surface area (Å²) in [5.74, 6) is 1.03. The highest BCUT2D eigenvalue weighted by molar-refractivity contribution is 7.92. The van der Waals surface area contributed by atoms with Crippen LogP contribution in [0.2, 0.25) is 5.02 Å². The Morgan fingerprint density at radius 2 is 2.08 bits per heavy atom. The molecule has 24 heavy (non-hydrogen) atoms. The normalized spacial score (nSPS) is 25.7. The third kappa shape index (κ3) is 3.54. The number of halogens is 1. The fourth-order valence-corrected chi connectivity index (χ4v) is 5.13. The molecule has 0 aliphatic heterocycles. The average molecular weight is 371 g/mol. The van der Waals surface area contributed by atoms with E-state index >= 15 is 0 Å². The van der Waals surface area contributed by atoms with Gasteiger partial charge in [0.05, 0.1) is 11.9 Å². The van der Waals surface area contributed by atoms with Crippen LogP contribution in [0.1, 0.15) is 31.2 Å². The van der Waals surface area contributed by atoms with E-state index in [2.05, 4.69) is 5.32 Å². The van der Waals surface area contributed by atoms with Gasteiger partial charge in [0.1, 0.15) is 6.54 Å². The summed E-state index contributed by atoms with van der Waals surface area (Å²) in [4.78, 5) is 12.5. The number of fused-ring (bicyclic) bond motifs is 2. The lowest BCUT2D eigenvalue weighted by atomic mass is 9.95. The Morgan fingerprint density at radius 1 is 1.33 bits per heavy atom. The molecule has 5 nitrogen and oxygen atoms in total. The summed E-state index contributed by atoms with van der Waals surface area (Å²) in [5.41, 5.74) is 1.10. The molecular weight excluding hydrogens is 348 g/mol. The number of nitrogens with one attached hydrogen (secondary N) is 1. The first kappa shape index (κ1) is 17.5. The van der Waals surface area contributed by atoms with Crippen molar-refractivity contribution in [2.45, 2.75) is 38.6 Å². The molecule has 0 saturated heterocycles. The molecule has 132 valence electrons. The summed E-state index contributed by atoms with van der Waals surface area (Å²) in [6.07, 6.45) is 5.74. The molecule has 2 aliphatic rings. The zero-order valence-corrected chi connectivity index (χ0v) is 15.5. The molecule has 0 heterocycles. The molecule has 3 rings (SSSR count). The number of nitrogens with zero attached hydrogens (tertiary/aromatic N) is 1. The quantitative estimate of drug-likeness (QED) is 0.866. The number of carbonyl (C=O) groups excluding carboxylic acids is 1. The van der Waals surface area contributed by atoms with Crippen LogP contribution in [0.3, 0.4) is 0 Å². The molecule has 3 atom stereocenters. The number of sulfonamides is 1. The highest BCUT2D eigenvalue weighted by Crippen LogP contribution is 2.44. The van der Waals surface area contributed by atoms with Gasteiger partial charge in [0, 0.05) is 11.1 Å². The second-order valence-corrected chi connectivity index (χ2v) is 9.32. The van der Waals surface area contributed by atoms with Crippen LogP contribution in [0.5, 0.6) is 0 Å². The predicted molar refractivity (Wildman–Crippen MR) is 95.8 cm³/mol. The number of anilines is 1. The average Bonchev–Trinajstić information content (AvgIpc) is 3.09. The predicted octanol–water partition coefficient (Wildman–Crippen LogP) is 2.72. The maximum atomic E-state index is 12.5. The van der Waals surface area contributed by atoms with E-state index in [0.717, 1.165) is 22.9 Å². The van der Waals surface area contributed by atoms with Gasteiger partial charge in [-0.15, -0.1) is 0 Å². The highest BCUT2D eigenvalue weighted by Gasteiger charge is 2.40. The lowest BCUT2D eigenvalue weighted by Gasteiger charge is -2.27. The van der Waals surface area contributed by atoms with E-state index in [-0.39, 0.29) is 18.5 Å². The largest absolute Gasteiger partial charge is 0.352 e. The molecule has 0 spiro atoms. The van der Waals surface area contributed by atoms with Crippen LogP contribution in [0.4, 0.5) is 5.69 Å². The van der Waals surface area contributed by atoms with Crippen LogP contribution in [0.15, 0.2) is 18.2 Å². The minimum absolute atomic E-state index is 0.193. The zero-order valence-electron chi connectivity index (χ0n) is 14.0. The summed E-state index contributed by atoms with van der Waals surface area (Å²) in [7, 11) is -3.58. The van der Waals surface area contributed by atoms with Crippen molar-refractivity contribution in [3.63, 3.8) is 0 Å². The summed E-state index contributed by atoms with van der Waals surface area (Å²) in [6.45, 7) is 1.54. The number of hydrogen-bond acceptors (Lipinski definition) is 3. The van der Waals surface area contributed by atoms with Gasteiger partial charge in [-0.1, -0.05) is 24.1 Å². The molecule has 2 aliphatic carbocycles. The Balaban J connectivity index is 1.75. The van der Waals surface area contributed by atoms with E-state index in [1.165, 1.54) is 19.3 Å². The maximum Gasteiger partial charge on any atom is 0.241 e. The third-order valence-electron chi connectivity index (χ3n) is 5.28. The van der Waals surface area contributed by atoms with Gasteiger partial charge < -0.3 is 5.32 Å². The van der Waals surface area contributed by atoms with Crippen molar-refractivity contribution in [1.29, 1.82) is 0 Å². The maximum absolute atomic E-state index is 12.5. The topological polar surface area (TPSA) is 66.5 Å². The first-order valence-electron chi connectivity index (χ1n) is 8.28. The molecule has 2 fully saturated rings. The van der Waals surface area contributed by atoms with Crippen LogP contribution in [0, 0.1) is 18.8 Å². The number of hydrogen-bond donors (Lipinski definition) is 1. The van der Waals surface area contributed by atoms with Crippen molar-refractivity contribution in [3.05, 3.63) is 28.8 Å². The van der Waals surface area contributed by atoms with Crippen molar-refractivity contribution < 1.29 is 13.2 Å². The fourth-order valence-electron chi connectivity index (χ4n) is 4.05. The highest BCUT2D eigenvalue weighted by atomic mass is 35.5. The van der Waals surface area contributed by atoms with Crippen LogP contribution >= 0.6 is 11.6 Å². The van der Waals surface area contributed by atoms with E-state index in [1.54, 1.807) is 25.1 Å². The molecule has 1 aromatic rings. The Labute approximate surface area is 148 Å². The van der Waals surface area contributed by atoms with Gasteiger partial charge in [0.2, 0.25) is 15.9 Å². The third-order valence-corrected chi connectivity index (χ3v) is 6.82. The Hall–Kier alpha value is -1.27. The van der Waals surface area contributed by atoms with Crippen molar-refractivity contribution in [2.75, 3.05) is 17.1 Å². The monoisotopic (exact) mass is 370 g/mol. The fraction of sp³-hybridized carbons (Fsp3) is 0.588. The number of carbonyl (C=O) groups is 1. The molecule has 0 aromatic heterocycles. The summed E-state index contributed by atoms with van der Waals surface area (Å²) < 4.78 is 25.5. The van der Waals surface area contributed by atoms with Gasteiger partial charge in [-0.05, 0) is 55.7 Å². The van der Waals surface area contributed by atoms with E-state index in [4.69, 9.17) is 11.6 Å². The first-order chi connectivity index (χ1) is 11.3. The zero-order chi connectivity index (χ0) is 17.5. The minimum atomic E-state index is -3.58. The second-order valence-electron chi connectivity index (χ2n) is 7.00. The second kappa shape index (κ2) is 6.56. The summed E-state index contributed by atoms with van der Waals surface area (Å²) >= 11 is 6.10. The molecule has 0 radical (unpaired) electrons. The van der Waals surface area contributed by atoms with Gasteiger partial charge in [-0.2, -0.15) is 0 Å². The van der Waals surface area contributed by atoms with Crippen molar-refractivity contribution in [2.24, 2.45) is 11.8 Å². The van der Waals surface area contributed by atoms with E-state index in [9.17, 15) is 13.2 Å². The Morgan fingerprint density at radius 3 is 2.67 bits per heavy atom. The number of benzene rings is 1. The first-order valence-corrected chi connectivity index (χ1v) is 10.5. The number of amides is 1. The lowest BCUT2D eigenvalue weighted by Crippen LogP contribution is -2.45. The molecule has 7 heteroatoms. The van der Waals surface area contributed by atoms with E-state index < -0.39 is 10.0 Å². The molecule has 1 amide bonds. The Bertz CT molecular complexity index is 750. The lowest BCUT2D eigenvalue weighted by molar-refractivity contribution is -0.120. The summed E-state index contributed by atoms with van der Waals surface area (Å²) in [6, 6.07) is 5.26. The molecule has 2 bridgehead atoms. The van der Waals surface area contributed by atoms with E-state index in [1.807, 2.05) is 0 Å². The minimum Gasteiger partial charge on any atom is -0.352 e. The van der Waals surface area contributed by atoms with Gasteiger partial charge in [0.25, 0.3) is 0 Å². The van der Waals surface area contributed by atoms with Gasteiger partial charge in [-0.25, -0.2) is 8.42 Å². The molecule has 2 saturated carbocycles. The SMILES string of the molecule is Cc1c(Cl)cccc1N(CC(=O)N[C@@H]1C[C@H]2CC[C@H]1C2)S(C)(=O)=O. The molecular formula is C17H23ClN2O3S. The van der Waals surface area contributed by atoms with Crippen LogP contribution in [0.25, 0.3) is 0 Å². The van der Waals surface area contributed by atoms with Gasteiger partial charge in [-0.3, -0.25) is 9.10 Å². The molecule has 1 aromatic carbocycles. The van der Waals surface area contributed by atoms with Crippen LogP contribution in [-0.4, -0.2) is 33.2 Å². The molecule has 0 unspecified atom stereocenters. The Kier molecular flexibility index (Phi) is 4.80. The van der Waals surface area contributed by atoms with Crippen molar-refractivity contribution in [3.8, 4) is 0 Å². The van der Waals surface area contributed by atoms with Crippen molar-refractivity contribution in [1.82, 2.24) is 5.32 Å². The number of rotatable bonds is 5. The summed E-state index contributed by atoms with van der Waals surface area (Å²) in [5, 5.41) is 3.52. The van der Waals surface area contributed by atoms with Crippen LogP contribution in [-0.2, 0) is 14.8 Å². The molecule has 1 N–H and O–H groups in total. The smallest absolute Gasteiger partial charge is 0.241 e. The standard InChI is InChI=1S/C17H23ClN2O3S/c1-11-14(18)4-3-5-16(11)20(24(2,22)23)10-17(21)19-15-9-12-6-7-13(15)8-12/h3-5,12-13,15H,6-10H2,1-2H3,(H,19,21)/t12-,13-,15+/m0/s1. The van der Waals surface area contributed by atoms with Gasteiger partial charge >= 0.3 is 0 Å². The van der Waals surface area contributed by atoms with E-state index in [0.29, 0.717) is 22.2 Å². The van der Waals surface area contributed by atoms with Crippen LogP contribution < -0.4 is 9.62 Å².